The van der Waals surface area contributed by atoms with Gasteiger partial charge in [-0.1, -0.05) is 0 Å². The average molecular weight is 646 g/mol. The van der Waals surface area contributed by atoms with Crippen LogP contribution in [-0.2, 0) is 0 Å². The molecule has 0 atom stereocenters. The molecule has 0 bridgehead atoms. The van der Waals surface area contributed by atoms with Gasteiger partial charge in [0, 0.05) is 0 Å². The van der Waals surface area contributed by atoms with Gasteiger partial charge in [0.1, 0.15) is 0 Å². The molecule has 5 heteroatoms. The number of unbranched alkanes of at least 4 members (excludes halogenated alkanes) is 3. The Morgan fingerprint density at radius 2 is 1.00 bits per heavy atom. The molecule has 2 aromatic rings. The van der Waals surface area contributed by atoms with Crippen LogP contribution in [0.3, 0.4) is 0 Å². The van der Waals surface area contributed by atoms with Crippen molar-refractivity contribution in [3.63, 3.8) is 0 Å². The molecular weight excluding hydrogens is 591 g/mol. The SMILES string of the molecule is CCC[CH2][Sn]([CH2]CCC)([CH2]CCC)/[C](=C/c1ccc(O[Si](C)(C)C)cc1)c1ccc(O[Si](C)(C)C)cc1. The van der Waals surface area contributed by atoms with E-state index in [1.54, 1.807) is 3.59 Å². The van der Waals surface area contributed by atoms with E-state index in [4.69, 9.17) is 8.85 Å². The zero-order chi connectivity index (χ0) is 27.5. The van der Waals surface area contributed by atoms with E-state index >= 15 is 0 Å². The van der Waals surface area contributed by atoms with Crippen molar-refractivity contribution >= 4 is 44.7 Å². The van der Waals surface area contributed by atoms with Gasteiger partial charge in [-0.15, -0.1) is 0 Å². The zero-order valence-corrected chi connectivity index (χ0v) is 30.2. The second-order valence-electron chi connectivity index (χ2n) is 12.7. The maximum absolute atomic E-state index is 6.31. The first-order valence-electron chi connectivity index (χ1n) is 14.7. The van der Waals surface area contributed by atoms with Gasteiger partial charge in [0.15, 0.2) is 0 Å². The quantitative estimate of drug-likeness (QED) is 0.134. The van der Waals surface area contributed by atoms with Gasteiger partial charge in [-0.25, -0.2) is 0 Å². The van der Waals surface area contributed by atoms with Crippen molar-refractivity contribution in [2.24, 2.45) is 0 Å². The Hall–Kier alpha value is -0.988. The summed E-state index contributed by atoms with van der Waals surface area (Å²) in [6.07, 6.45) is 10.5. The third-order valence-corrected chi connectivity index (χ3v) is 24.2. The molecule has 2 aromatic carbocycles. The van der Waals surface area contributed by atoms with Gasteiger partial charge in [-0.05, 0) is 0 Å². The third kappa shape index (κ3) is 11.3. The molecular formula is C32H54O2Si2Sn. The van der Waals surface area contributed by atoms with Crippen molar-refractivity contribution in [1.82, 2.24) is 0 Å². The van der Waals surface area contributed by atoms with Crippen LogP contribution >= 0.6 is 0 Å². The van der Waals surface area contributed by atoms with Crippen molar-refractivity contribution in [3.8, 4) is 11.5 Å². The third-order valence-electron chi connectivity index (χ3n) is 6.80. The Kier molecular flexibility index (Phi) is 13.0. The van der Waals surface area contributed by atoms with Gasteiger partial charge in [0.2, 0.25) is 0 Å². The fraction of sp³-hybridized carbons (Fsp3) is 0.562. The number of hydrogen-bond donors (Lipinski definition) is 0. The molecule has 0 saturated carbocycles. The van der Waals surface area contributed by atoms with Gasteiger partial charge in [-0.3, -0.25) is 0 Å². The van der Waals surface area contributed by atoms with Crippen molar-refractivity contribution in [2.45, 2.75) is 112 Å². The van der Waals surface area contributed by atoms with Gasteiger partial charge < -0.3 is 0 Å². The maximum atomic E-state index is 6.31. The molecule has 0 aliphatic carbocycles. The molecule has 0 saturated heterocycles. The molecule has 2 nitrogen and oxygen atoms in total. The van der Waals surface area contributed by atoms with Crippen molar-refractivity contribution in [1.29, 1.82) is 0 Å². The minimum absolute atomic E-state index is 1.00. The molecule has 0 spiro atoms. The van der Waals surface area contributed by atoms with Crippen LogP contribution in [0.1, 0.15) is 70.4 Å². The Labute approximate surface area is 235 Å². The van der Waals surface area contributed by atoms with E-state index in [0.717, 1.165) is 11.5 Å². The summed E-state index contributed by atoms with van der Waals surface area (Å²) in [4.78, 5) is 0. The van der Waals surface area contributed by atoms with Gasteiger partial charge in [0.05, 0.1) is 0 Å². The van der Waals surface area contributed by atoms with E-state index in [2.05, 4.69) is 115 Å². The molecule has 0 unspecified atom stereocenters. The van der Waals surface area contributed by atoms with E-state index in [0.29, 0.717) is 0 Å². The molecule has 0 amide bonds. The van der Waals surface area contributed by atoms with Crippen LogP contribution in [0.25, 0.3) is 9.67 Å². The molecule has 0 aliphatic heterocycles. The Bertz CT molecular complexity index is 932. The van der Waals surface area contributed by atoms with Gasteiger partial charge in [-0.2, -0.15) is 0 Å². The monoisotopic (exact) mass is 646 g/mol. The fourth-order valence-electron chi connectivity index (χ4n) is 5.08. The number of benzene rings is 2. The number of hydrogen-bond acceptors (Lipinski definition) is 2. The average Bonchev–Trinajstić information content (AvgIpc) is 2.82. The summed E-state index contributed by atoms with van der Waals surface area (Å²) in [5.41, 5.74) is 2.75. The topological polar surface area (TPSA) is 18.5 Å². The Morgan fingerprint density at radius 3 is 1.35 bits per heavy atom. The Balaban J connectivity index is 2.62. The predicted molar refractivity (Wildman–Crippen MR) is 174 cm³/mol. The second-order valence-corrected chi connectivity index (χ2v) is 34.7. The fourth-order valence-corrected chi connectivity index (χ4v) is 23.6. The molecule has 0 aromatic heterocycles. The standard InChI is InChI=1S/C20H27O2Si2.3C4H9.Sn/c1-23(2,3)21-19-13-9-17(10-14-19)7-8-18-11-15-20(16-12-18)22-24(4,5)6;3*1-3-4-2;/h7,9-16H,1-6H3;3*1,3-4H2,2H3;. The van der Waals surface area contributed by atoms with Crippen LogP contribution in [0.5, 0.6) is 11.5 Å². The van der Waals surface area contributed by atoms with Crippen molar-refractivity contribution < 1.29 is 8.85 Å². The van der Waals surface area contributed by atoms with Crippen LogP contribution < -0.4 is 8.85 Å². The summed E-state index contributed by atoms with van der Waals surface area (Å²) in [6, 6.07) is 18.1. The Morgan fingerprint density at radius 1 is 0.622 bits per heavy atom. The number of rotatable bonds is 16. The summed E-state index contributed by atoms with van der Waals surface area (Å²) < 4.78 is 18.6. The normalized spacial score (nSPS) is 13.1. The van der Waals surface area contributed by atoms with Crippen LogP contribution in [-0.4, -0.2) is 35.0 Å². The van der Waals surface area contributed by atoms with Crippen LogP contribution in [0.15, 0.2) is 48.5 Å². The molecule has 0 radical (unpaired) electrons. The molecule has 0 N–H and O–H groups in total. The molecule has 2 rings (SSSR count). The van der Waals surface area contributed by atoms with Crippen LogP contribution in [0, 0.1) is 0 Å². The zero-order valence-electron chi connectivity index (χ0n) is 25.4. The molecule has 0 aliphatic rings. The van der Waals surface area contributed by atoms with Gasteiger partial charge in [0.25, 0.3) is 0 Å². The van der Waals surface area contributed by atoms with E-state index in [1.807, 2.05) is 0 Å². The summed E-state index contributed by atoms with van der Waals surface area (Å²) in [5, 5.41) is 0. The van der Waals surface area contributed by atoms with Gasteiger partial charge >= 0.3 is 237 Å². The van der Waals surface area contributed by atoms with Crippen LogP contribution in [0.2, 0.25) is 52.6 Å². The second kappa shape index (κ2) is 15.0. The van der Waals surface area contributed by atoms with E-state index in [-0.39, 0.29) is 0 Å². The molecule has 206 valence electrons. The summed E-state index contributed by atoms with van der Waals surface area (Å²) in [5.74, 6) is 2.02. The minimum atomic E-state index is -2.70. The van der Waals surface area contributed by atoms with E-state index < -0.39 is 35.0 Å². The first-order valence-corrected chi connectivity index (χ1v) is 29.0. The molecule has 0 fully saturated rings. The van der Waals surface area contributed by atoms with Crippen LogP contribution in [0.4, 0.5) is 0 Å². The first kappa shape index (κ1) is 32.2. The first-order chi connectivity index (χ1) is 17.4. The van der Waals surface area contributed by atoms with E-state index in [9.17, 15) is 0 Å². The predicted octanol–water partition coefficient (Wildman–Crippen LogP) is 11.0. The molecule has 0 heterocycles. The van der Waals surface area contributed by atoms with E-state index in [1.165, 1.54) is 63.0 Å². The summed E-state index contributed by atoms with van der Waals surface area (Å²) in [7, 11) is -3.24. The summed E-state index contributed by atoms with van der Waals surface area (Å²) in [6.45, 7) is 20.6. The van der Waals surface area contributed by atoms with Crippen molar-refractivity contribution in [3.05, 3.63) is 59.7 Å². The molecule has 37 heavy (non-hydrogen) atoms. The summed E-state index contributed by atoms with van der Waals surface area (Å²) >= 11 is -2.70. The van der Waals surface area contributed by atoms with Crippen molar-refractivity contribution in [2.75, 3.05) is 0 Å².